The lowest BCUT2D eigenvalue weighted by Gasteiger charge is -2.24. The molecule has 0 N–H and O–H groups in total. The minimum Gasteiger partial charge on any atom is -0.0708 e. The standard InChI is InChI=1S/C44H36/c1-43(33-41(36-24-12-4-13-25-36)37-26-14-5-15-27-37)42(32-40(34-20-8-2-9-21-34)35-22-10-3-11-23-35)44(43,38-28-16-6-17-29-38)39-30-18-7-19-31-39/h2-33,42H,1H3/t42-,43+/m0/s1. The molecule has 0 aliphatic heterocycles. The molecule has 0 bridgehead atoms. The molecule has 44 heavy (non-hydrogen) atoms. The first-order valence-electron chi connectivity index (χ1n) is 15.5. The molecule has 0 heterocycles. The molecule has 6 aromatic rings. The summed E-state index contributed by atoms with van der Waals surface area (Å²) in [6.45, 7) is 2.47. The van der Waals surface area contributed by atoms with E-state index in [0.717, 1.165) is 0 Å². The summed E-state index contributed by atoms with van der Waals surface area (Å²) in [7, 11) is 0. The van der Waals surface area contributed by atoms with Crippen molar-refractivity contribution in [2.24, 2.45) is 11.3 Å². The van der Waals surface area contributed by atoms with Crippen LogP contribution in [0.1, 0.15) is 40.3 Å². The Kier molecular flexibility index (Phi) is 7.42. The largest absolute Gasteiger partial charge is 0.0708 e. The summed E-state index contributed by atoms with van der Waals surface area (Å²) in [6.07, 6.45) is 5.14. The van der Waals surface area contributed by atoms with Crippen molar-refractivity contribution in [1.82, 2.24) is 0 Å². The Hall–Kier alpha value is -5.20. The lowest BCUT2D eigenvalue weighted by molar-refractivity contribution is 0.617. The van der Waals surface area contributed by atoms with Crippen molar-refractivity contribution in [2.45, 2.75) is 12.3 Å². The molecule has 2 atom stereocenters. The van der Waals surface area contributed by atoms with Crippen molar-refractivity contribution >= 4 is 11.1 Å². The third kappa shape index (κ3) is 4.83. The zero-order valence-electron chi connectivity index (χ0n) is 25.1. The second-order valence-electron chi connectivity index (χ2n) is 11.9. The van der Waals surface area contributed by atoms with Gasteiger partial charge in [-0.2, -0.15) is 0 Å². The molecule has 1 fully saturated rings. The van der Waals surface area contributed by atoms with E-state index in [1.807, 2.05) is 0 Å². The highest BCUT2D eigenvalue weighted by Crippen LogP contribution is 2.75. The normalized spacial score (nSPS) is 18.2. The van der Waals surface area contributed by atoms with Crippen LogP contribution in [0.3, 0.4) is 0 Å². The first kappa shape index (κ1) is 27.6. The van der Waals surface area contributed by atoms with Gasteiger partial charge in [-0.25, -0.2) is 0 Å². The Morgan fingerprint density at radius 1 is 0.409 bits per heavy atom. The second kappa shape index (κ2) is 11.8. The Morgan fingerprint density at radius 3 is 1.05 bits per heavy atom. The smallest absolute Gasteiger partial charge is 0.0368 e. The van der Waals surface area contributed by atoms with E-state index >= 15 is 0 Å². The fourth-order valence-corrected chi connectivity index (χ4v) is 7.36. The van der Waals surface area contributed by atoms with Crippen LogP contribution < -0.4 is 0 Å². The van der Waals surface area contributed by atoms with E-state index in [9.17, 15) is 0 Å². The molecule has 0 nitrogen and oxygen atoms in total. The molecule has 1 aliphatic rings. The Labute approximate surface area is 261 Å². The molecule has 0 amide bonds. The summed E-state index contributed by atoms with van der Waals surface area (Å²) in [5, 5.41) is 0. The van der Waals surface area contributed by atoms with Crippen LogP contribution in [0, 0.1) is 11.3 Å². The summed E-state index contributed by atoms with van der Waals surface area (Å²) in [6, 6.07) is 65.7. The average molecular weight is 565 g/mol. The minimum absolute atomic E-state index is 0.192. The Morgan fingerprint density at radius 2 is 0.705 bits per heavy atom. The van der Waals surface area contributed by atoms with Crippen molar-refractivity contribution in [3.63, 3.8) is 0 Å². The van der Waals surface area contributed by atoms with Crippen LogP contribution in [0.25, 0.3) is 11.1 Å². The number of rotatable bonds is 8. The van der Waals surface area contributed by atoms with Gasteiger partial charge in [-0.3, -0.25) is 0 Å². The molecule has 7 rings (SSSR count). The molecule has 6 aromatic carbocycles. The summed E-state index contributed by atoms with van der Waals surface area (Å²) in [5.74, 6) is 0.192. The molecule has 1 saturated carbocycles. The van der Waals surface area contributed by atoms with Crippen LogP contribution in [-0.2, 0) is 5.41 Å². The van der Waals surface area contributed by atoms with Crippen LogP contribution in [0.2, 0.25) is 0 Å². The molecule has 212 valence electrons. The van der Waals surface area contributed by atoms with Gasteiger partial charge in [-0.05, 0) is 44.5 Å². The molecule has 1 aliphatic carbocycles. The maximum absolute atomic E-state index is 2.58. The first-order chi connectivity index (χ1) is 21.7. The van der Waals surface area contributed by atoms with Gasteiger partial charge >= 0.3 is 0 Å². The van der Waals surface area contributed by atoms with Gasteiger partial charge in [0.1, 0.15) is 0 Å². The van der Waals surface area contributed by atoms with Crippen LogP contribution in [0.5, 0.6) is 0 Å². The predicted molar refractivity (Wildman–Crippen MR) is 185 cm³/mol. The lowest BCUT2D eigenvalue weighted by atomic mass is 9.79. The van der Waals surface area contributed by atoms with Crippen molar-refractivity contribution in [3.05, 3.63) is 228 Å². The minimum atomic E-state index is -0.265. The molecule has 0 heteroatoms. The molecule has 0 radical (unpaired) electrons. The molecular formula is C44H36. The fraction of sp³-hybridized carbons (Fsp3) is 0.0909. The van der Waals surface area contributed by atoms with Crippen molar-refractivity contribution in [3.8, 4) is 0 Å². The lowest BCUT2D eigenvalue weighted by Crippen LogP contribution is -2.18. The summed E-state index contributed by atoms with van der Waals surface area (Å²) in [4.78, 5) is 0. The van der Waals surface area contributed by atoms with Crippen LogP contribution in [-0.4, -0.2) is 0 Å². The maximum Gasteiger partial charge on any atom is 0.0368 e. The topological polar surface area (TPSA) is 0 Å². The van der Waals surface area contributed by atoms with E-state index < -0.39 is 0 Å². The first-order valence-corrected chi connectivity index (χ1v) is 15.5. The molecule has 0 aromatic heterocycles. The maximum atomic E-state index is 2.58. The van der Waals surface area contributed by atoms with E-state index in [1.165, 1.54) is 44.5 Å². The van der Waals surface area contributed by atoms with Crippen molar-refractivity contribution in [2.75, 3.05) is 0 Å². The van der Waals surface area contributed by atoms with Crippen LogP contribution in [0.15, 0.2) is 194 Å². The van der Waals surface area contributed by atoms with E-state index in [1.54, 1.807) is 0 Å². The van der Waals surface area contributed by atoms with Gasteiger partial charge in [0.15, 0.2) is 0 Å². The monoisotopic (exact) mass is 564 g/mol. The highest BCUT2D eigenvalue weighted by molar-refractivity contribution is 5.84. The Bertz CT molecular complexity index is 1750. The quantitative estimate of drug-likeness (QED) is 0.172. The van der Waals surface area contributed by atoms with Gasteiger partial charge in [0.2, 0.25) is 0 Å². The van der Waals surface area contributed by atoms with Crippen molar-refractivity contribution < 1.29 is 0 Å². The highest BCUT2D eigenvalue weighted by atomic mass is 14.7. The van der Waals surface area contributed by atoms with E-state index in [0.29, 0.717) is 0 Å². The van der Waals surface area contributed by atoms with Crippen LogP contribution >= 0.6 is 0 Å². The van der Waals surface area contributed by atoms with Crippen LogP contribution in [0.4, 0.5) is 0 Å². The molecule has 0 spiro atoms. The van der Waals surface area contributed by atoms with E-state index in [-0.39, 0.29) is 16.7 Å². The van der Waals surface area contributed by atoms with Gasteiger partial charge in [-0.15, -0.1) is 0 Å². The molecule has 0 unspecified atom stereocenters. The molecular weight excluding hydrogens is 528 g/mol. The third-order valence-electron chi connectivity index (χ3n) is 9.45. The number of hydrogen-bond donors (Lipinski definition) is 0. The van der Waals surface area contributed by atoms with Gasteiger partial charge in [0, 0.05) is 16.7 Å². The van der Waals surface area contributed by atoms with Gasteiger partial charge < -0.3 is 0 Å². The number of allylic oxidation sites excluding steroid dienone is 2. The van der Waals surface area contributed by atoms with Gasteiger partial charge in [0.25, 0.3) is 0 Å². The fourth-order valence-electron chi connectivity index (χ4n) is 7.36. The third-order valence-corrected chi connectivity index (χ3v) is 9.45. The average Bonchev–Trinajstić information content (AvgIpc) is 3.65. The highest BCUT2D eigenvalue weighted by Gasteiger charge is 2.73. The summed E-state index contributed by atoms with van der Waals surface area (Å²) in [5.41, 5.74) is 9.65. The second-order valence-corrected chi connectivity index (χ2v) is 11.9. The van der Waals surface area contributed by atoms with E-state index in [4.69, 9.17) is 0 Å². The van der Waals surface area contributed by atoms with Crippen molar-refractivity contribution in [1.29, 1.82) is 0 Å². The van der Waals surface area contributed by atoms with Gasteiger partial charge in [-0.1, -0.05) is 201 Å². The molecule has 0 saturated heterocycles. The number of benzene rings is 6. The summed E-state index contributed by atoms with van der Waals surface area (Å²) >= 11 is 0. The Balaban J connectivity index is 1.53. The number of hydrogen-bond acceptors (Lipinski definition) is 0. The summed E-state index contributed by atoms with van der Waals surface area (Å²) < 4.78 is 0. The SMILES string of the molecule is C[C@@]1(C=C(c2ccccc2)c2ccccc2)[C@H](C=C(c2ccccc2)c2ccccc2)C1(c1ccccc1)c1ccccc1. The predicted octanol–water partition coefficient (Wildman–Crippen LogP) is 10.9. The zero-order chi connectivity index (χ0) is 29.8. The van der Waals surface area contributed by atoms with Gasteiger partial charge in [0.05, 0.1) is 0 Å². The van der Waals surface area contributed by atoms with E-state index in [2.05, 4.69) is 201 Å². The zero-order valence-corrected chi connectivity index (χ0v) is 25.1.